The van der Waals surface area contributed by atoms with Gasteiger partial charge in [-0.1, -0.05) is 0 Å². The van der Waals surface area contributed by atoms with Crippen LogP contribution in [0.15, 0.2) is 47.9 Å². The topological polar surface area (TPSA) is 84.0 Å². The predicted molar refractivity (Wildman–Crippen MR) is 76.8 cm³/mol. The number of nitrogens with one attached hydrogen (secondary N) is 2. The van der Waals surface area contributed by atoms with E-state index in [2.05, 4.69) is 20.0 Å². The molecule has 1 atom stereocenters. The molecule has 7 heteroatoms. The van der Waals surface area contributed by atoms with Gasteiger partial charge in [0.15, 0.2) is 5.03 Å². The molecule has 2 aromatic rings. The van der Waals surface area contributed by atoms with E-state index in [0.29, 0.717) is 5.69 Å². The Balaban J connectivity index is 2.28. The van der Waals surface area contributed by atoms with Crippen LogP contribution in [0.1, 0.15) is 18.5 Å². The van der Waals surface area contributed by atoms with Crippen LogP contribution in [0.2, 0.25) is 0 Å². The van der Waals surface area contributed by atoms with E-state index in [9.17, 15) is 8.42 Å². The van der Waals surface area contributed by atoms with Gasteiger partial charge in [0.1, 0.15) is 0 Å². The van der Waals surface area contributed by atoms with Gasteiger partial charge < -0.3 is 5.32 Å². The van der Waals surface area contributed by atoms with Gasteiger partial charge in [0.05, 0.1) is 5.69 Å². The molecule has 0 amide bonds. The van der Waals surface area contributed by atoms with E-state index in [1.807, 2.05) is 0 Å². The van der Waals surface area contributed by atoms with Crippen molar-refractivity contribution in [2.24, 2.45) is 0 Å². The normalized spacial score (nSPS) is 12.9. The third-order valence-corrected chi connectivity index (χ3v) is 4.33. The van der Waals surface area contributed by atoms with Crippen LogP contribution in [0, 0.1) is 0 Å². The minimum atomic E-state index is -3.69. The average molecular weight is 292 g/mol. The van der Waals surface area contributed by atoms with Crippen molar-refractivity contribution in [2.45, 2.75) is 18.0 Å². The molecule has 0 aliphatic rings. The lowest BCUT2D eigenvalue weighted by Crippen LogP contribution is -2.28. The molecule has 2 heterocycles. The first-order valence-electron chi connectivity index (χ1n) is 6.09. The SMILES string of the molecule is CNc1cccnc1S(=O)(=O)NC(C)c1ccncc1. The minimum Gasteiger partial charge on any atom is -0.386 e. The highest BCUT2D eigenvalue weighted by Crippen LogP contribution is 2.20. The fourth-order valence-corrected chi connectivity index (χ4v) is 3.18. The second-order valence-electron chi connectivity index (χ2n) is 4.23. The first-order valence-corrected chi connectivity index (χ1v) is 7.58. The second kappa shape index (κ2) is 5.98. The summed E-state index contributed by atoms with van der Waals surface area (Å²) in [7, 11) is -2.04. The molecular formula is C13H16N4O2S. The fourth-order valence-electron chi connectivity index (χ4n) is 1.80. The van der Waals surface area contributed by atoms with Crippen molar-refractivity contribution in [2.75, 3.05) is 12.4 Å². The van der Waals surface area contributed by atoms with E-state index < -0.39 is 10.0 Å². The van der Waals surface area contributed by atoms with Gasteiger partial charge in [-0.05, 0) is 36.8 Å². The molecule has 1 unspecified atom stereocenters. The molecule has 2 rings (SSSR count). The van der Waals surface area contributed by atoms with Gasteiger partial charge >= 0.3 is 0 Å². The Kier molecular flexibility index (Phi) is 4.31. The summed E-state index contributed by atoms with van der Waals surface area (Å²) in [5, 5.41) is 2.81. The predicted octanol–water partition coefficient (Wildman–Crippen LogP) is 1.56. The van der Waals surface area contributed by atoms with Crippen LogP contribution in [0.3, 0.4) is 0 Å². The number of nitrogens with zero attached hydrogens (tertiary/aromatic N) is 2. The summed E-state index contributed by atoms with van der Waals surface area (Å²) in [5.74, 6) is 0. The van der Waals surface area contributed by atoms with Gasteiger partial charge in [0, 0.05) is 31.7 Å². The molecule has 6 nitrogen and oxygen atoms in total. The molecule has 0 saturated heterocycles. The van der Waals surface area contributed by atoms with Crippen LogP contribution in [-0.4, -0.2) is 25.4 Å². The van der Waals surface area contributed by atoms with E-state index in [0.717, 1.165) is 5.56 Å². The van der Waals surface area contributed by atoms with Gasteiger partial charge in [0.25, 0.3) is 10.0 Å². The largest absolute Gasteiger partial charge is 0.386 e. The number of rotatable bonds is 5. The molecule has 2 N–H and O–H groups in total. The Bertz CT molecular complexity index is 674. The molecule has 0 radical (unpaired) electrons. The molecule has 2 aromatic heterocycles. The minimum absolute atomic E-state index is 0.0107. The lowest BCUT2D eigenvalue weighted by atomic mass is 10.1. The van der Waals surface area contributed by atoms with Gasteiger partial charge in [-0.15, -0.1) is 0 Å². The Morgan fingerprint density at radius 2 is 1.85 bits per heavy atom. The summed E-state index contributed by atoms with van der Waals surface area (Å²) in [6, 6.07) is 6.51. The van der Waals surface area contributed by atoms with E-state index in [1.165, 1.54) is 6.20 Å². The number of pyridine rings is 2. The van der Waals surface area contributed by atoms with Crippen LogP contribution < -0.4 is 10.0 Å². The molecular weight excluding hydrogens is 276 g/mol. The average Bonchev–Trinajstić information content (AvgIpc) is 2.47. The van der Waals surface area contributed by atoms with Gasteiger partial charge in [-0.2, -0.15) is 0 Å². The maximum absolute atomic E-state index is 12.4. The third-order valence-electron chi connectivity index (χ3n) is 2.83. The number of aromatic nitrogens is 2. The smallest absolute Gasteiger partial charge is 0.260 e. The molecule has 0 fully saturated rings. The summed E-state index contributed by atoms with van der Waals surface area (Å²) >= 11 is 0. The highest BCUT2D eigenvalue weighted by Gasteiger charge is 2.22. The number of hydrogen-bond donors (Lipinski definition) is 2. The van der Waals surface area contributed by atoms with E-state index in [1.54, 1.807) is 50.6 Å². The zero-order valence-corrected chi connectivity index (χ0v) is 12.1. The van der Waals surface area contributed by atoms with Crippen LogP contribution in [-0.2, 0) is 10.0 Å². The molecule has 0 aromatic carbocycles. The summed E-state index contributed by atoms with van der Waals surface area (Å²) in [6.07, 6.45) is 4.70. The van der Waals surface area contributed by atoms with Crippen LogP contribution >= 0.6 is 0 Å². The third kappa shape index (κ3) is 3.12. The molecule has 0 aliphatic heterocycles. The Morgan fingerprint density at radius 3 is 2.50 bits per heavy atom. The molecule has 0 aliphatic carbocycles. The number of sulfonamides is 1. The van der Waals surface area contributed by atoms with Gasteiger partial charge in [-0.3, -0.25) is 4.98 Å². The second-order valence-corrected chi connectivity index (χ2v) is 5.86. The molecule has 20 heavy (non-hydrogen) atoms. The van der Waals surface area contributed by atoms with Crippen molar-refractivity contribution >= 4 is 15.7 Å². The Morgan fingerprint density at radius 1 is 1.15 bits per heavy atom. The molecule has 0 spiro atoms. The van der Waals surface area contributed by atoms with Crippen LogP contribution in [0.25, 0.3) is 0 Å². The maximum Gasteiger partial charge on any atom is 0.260 e. The molecule has 0 bridgehead atoms. The van der Waals surface area contributed by atoms with Crippen LogP contribution in [0.5, 0.6) is 0 Å². The fraction of sp³-hybridized carbons (Fsp3) is 0.231. The van der Waals surface area contributed by atoms with Crippen molar-refractivity contribution < 1.29 is 8.42 Å². The maximum atomic E-state index is 12.4. The molecule has 0 saturated carbocycles. The quantitative estimate of drug-likeness (QED) is 0.873. The number of anilines is 1. The van der Waals surface area contributed by atoms with E-state index in [-0.39, 0.29) is 11.1 Å². The Labute approximate surface area is 118 Å². The van der Waals surface area contributed by atoms with Crippen molar-refractivity contribution in [3.8, 4) is 0 Å². The highest BCUT2D eigenvalue weighted by molar-refractivity contribution is 7.89. The Hall–Kier alpha value is -1.99. The summed E-state index contributed by atoms with van der Waals surface area (Å²) in [4.78, 5) is 7.85. The van der Waals surface area contributed by atoms with E-state index in [4.69, 9.17) is 0 Å². The van der Waals surface area contributed by atoms with Crippen LogP contribution in [0.4, 0.5) is 5.69 Å². The lowest BCUT2D eigenvalue weighted by Gasteiger charge is -2.15. The standard InChI is InChI=1S/C13H16N4O2S/c1-10(11-5-8-15-9-6-11)17-20(18,19)13-12(14-2)4-3-7-16-13/h3-10,14,17H,1-2H3. The van der Waals surface area contributed by atoms with E-state index >= 15 is 0 Å². The monoisotopic (exact) mass is 292 g/mol. The number of hydrogen-bond acceptors (Lipinski definition) is 5. The van der Waals surface area contributed by atoms with Gasteiger partial charge in [-0.25, -0.2) is 18.1 Å². The zero-order chi connectivity index (χ0) is 14.6. The van der Waals surface area contributed by atoms with Crippen molar-refractivity contribution in [3.63, 3.8) is 0 Å². The molecule has 106 valence electrons. The van der Waals surface area contributed by atoms with Gasteiger partial charge in [0.2, 0.25) is 0 Å². The first kappa shape index (κ1) is 14.4. The van der Waals surface area contributed by atoms with Crippen molar-refractivity contribution in [1.29, 1.82) is 0 Å². The zero-order valence-electron chi connectivity index (χ0n) is 11.2. The first-order chi connectivity index (χ1) is 9.54. The van der Waals surface area contributed by atoms with Crippen molar-refractivity contribution in [3.05, 3.63) is 48.4 Å². The summed E-state index contributed by atoms with van der Waals surface area (Å²) < 4.78 is 27.3. The summed E-state index contributed by atoms with van der Waals surface area (Å²) in [5.41, 5.74) is 1.30. The highest BCUT2D eigenvalue weighted by atomic mass is 32.2. The lowest BCUT2D eigenvalue weighted by molar-refractivity contribution is 0.563. The summed E-state index contributed by atoms with van der Waals surface area (Å²) in [6.45, 7) is 1.77. The van der Waals surface area contributed by atoms with Crippen molar-refractivity contribution in [1.82, 2.24) is 14.7 Å².